The Kier molecular flexibility index (Phi) is 6.14. The van der Waals surface area contributed by atoms with E-state index < -0.39 is 5.97 Å². The molecule has 0 unspecified atom stereocenters. The average molecular weight is 337 g/mol. The Bertz CT molecular complexity index is 586. The minimum absolute atomic E-state index is 0.0234. The molecule has 132 valence electrons. The molecule has 0 spiro atoms. The third-order valence-electron chi connectivity index (χ3n) is 4.23. The van der Waals surface area contributed by atoms with Crippen LogP contribution in [0.15, 0.2) is 24.3 Å². The van der Waals surface area contributed by atoms with Gasteiger partial charge in [0.15, 0.2) is 0 Å². The lowest BCUT2D eigenvalue weighted by molar-refractivity contribution is -0.140. The summed E-state index contributed by atoms with van der Waals surface area (Å²) in [6.07, 6.45) is 0. The molecule has 0 bridgehead atoms. The van der Waals surface area contributed by atoms with Crippen molar-refractivity contribution in [2.45, 2.75) is 19.9 Å². The van der Waals surface area contributed by atoms with Gasteiger partial charge in [0.25, 0.3) is 0 Å². The molecule has 1 aliphatic rings. The Morgan fingerprint density at radius 2 is 1.79 bits per heavy atom. The molecular formula is C17H24FN3O3. The van der Waals surface area contributed by atoms with Gasteiger partial charge in [-0.25, -0.2) is 4.39 Å². The molecule has 1 amide bonds. The number of anilines is 1. The fourth-order valence-corrected chi connectivity index (χ4v) is 2.77. The number of para-hydroxylation sites is 1. The number of carbonyl (C=O) groups excluding carboxylic acids is 1. The molecule has 0 radical (unpaired) electrons. The second-order valence-corrected chi connectivity index (χ2v) is 6.21. The number of amides is 1. The summed E-state index contributed by atoms with van der Waals surface area (Å²) < 4.78 is 13.8. The first-order chi connectivity index (χ1) is 11.4. The SMILES string of the molecule is CC(C)N(CC(=O)O)CC(=O)N1CCN(c2ccccc2F)CC1. The van der Waals surface area contributed by atoms with Crippen LogP contribution in [0.5, 0.6) is 0 Å². The number of rotatable bonds is 6. The summed E-state index contributed by atoms with van der Waals surface area (Å²) in [6, 6.07) is 6.59. The lowest BCUT2D eigenvalue weighted by Gasteiger charge is -2.37. The van der Waals surface area contributed by atoms with E-state index >= 15 is 0 Å². The van der Waals surface area contributed by atoms with E-state index in [4.69, 9.17) is 5.11 Å². The van der Waals surface area contributed by atoms with E-state index in [9.17, 15) is 14.0 Å². The minimum Gasteiger partial charge on any atom is -0.480 e. The van der Waals surface area contributed by atoms with Gasteiger partial charge in [-0.2, -0.15) is 0 Å². The number of carboxylic acids is 1. The second kappa shape index (κ2) is 8.10. The largest absolute Gasteiger partial charge is 0.480 e. The van der Waals surface area contributed by atoms with Crippen molar-refractivity contribution in [2.75, 3.05) is 44.2 Å². The van der Waals surface area contributed by atoms with E-state index in [-0.39, 0.29) is 30.9 Å². The lowest BCUT2D eigenvalue weighted by atomic mass is 10.2. The molecule has 1 saturated heterocycles. The summed E-state index contributed by atoms with van der Waals surface area (Å²) >= 11 is 0. The monoisotopic (exact) mass is 337 g/mol. The third-order valence-corrected chi connectivity index (χ3v) is 4.23. The summed E-state index contributed by atoms with van der Waals surface area (Å²) in [5.74, 6) is -1.29. The summed E-state index contributed by atoms with van der Waals surface area (Å²) in [5.41, 5.74) is 0.555. The van der Waals surface area contributed by atoms with Crippen molar-refractivity contribution in [1.82, 2.24) is 9.80 Å². The zero-order valence-electron chi connectivity index (χ0n) is 14.1. The Balaban J connectivity index is 1.90. The molecule has 1 aromatic carbocycles. The number of carboxylic acid groups (broad SMARTS) is 1. The van der Waals surface area contributed by atoms with E-state index in [2.05, 4.69) is 0 Å². The van der Waals surface area contributed by atoms with Crippen LogP contribution in [0, 0.1) is 5.82 Å². The standard InChI is InChI=1S/C17H24FN3O3/c1-13(2)21(12-17(23)24)11-16(22)20-9-7-19(8-10-20)15-6-4-3-5-14(15)18/h3-6,13H,7-12H2,1-2H3,(H,23,24). The molecule has 1 fully saturated rings. The number of carbonyl (C=O) groups is 2. The number of hydrogen-bond donors (Lipinski definition) is 1. The molecule has 2 rings (SSSR count). The highest BCUT2D eigenvalue weighted by molar-refractivity contribution is 5.79. The third kappa shape index (κ3) is 4.67. The first-order valence-corrected chi connectivity index (χ1v) is 8.11. The van der Waals surface area contributed by atoms with Crippen LogP contribution in [0.25, 0.3) is 0 Å². The normalized spacial score (nSPS) is 15.2. The smallest absolute Gasteiger partial charge is 0.317 e. The first-order valence-electron chi connectivity index (χ1n) is 8.11. The molecule has 7 heteroatoms. The van der Waals surface area contributed by atoms with Crippen molar-refractivity contribution in [1.29, 1.82) is 0 Å². The van der Waals surface area contributed by atoms with Crippen molar-refractivity contribution in [3.05, 3.63) is 30.1 Å². The van der Waals surface area contributed by atoms with Crippen molar-refractivity contribution in [2.24, 2.45) is 0 Å². The zero-order chi connectivity index (χ0) is 17.7. The molecule has 1 aromatic rings. The molecule has 0 aromatic heterocycles. The van der Waals surface area contributed by atoms with Crippen molar-refractivity contribution < 1.29 is 19.1 Å². The highest BCUT2D eigenvalue weighted by Crippen LogP contribution is 2.20. The quantitative estimate of drug-likeness (QED) is 0.847. The van der Waals surface area contributed by atoms with E-state index in [0.29, 0.717) is 31.9 Å². The number of aliphatic carboxylic acids is 1. The Morgan fingerprint density at radius 3 is 2.33 bits per heavy atom. The molecule has 0 aliphatic carbocycles. The summed E-state index contributed by atoms with van der Waals surface area (Å²) in [4.78, 5) is 28.6. The lowest BCUT2D eigenvalue weighted by Crippen LogP contribution is -2.52. The molecule has 1 N–H and O–H groups in total. The summed E-state index contributed by atoms with van der Waals surface area (Å²) in [7, 11) is 0. The van der Waals surface area contributed by atoms with Gasteiger partial charge in [0.05, 0.1) is 18.8 Å². The number of halogens is 1. The van der Waals surface area contributed by atoms with E-state index in [1.807, 2.05) is 18.7 Å². The fraction of sp³-hybridized carbons (Fsp3) is 0.529. The Morgan fingerprint density at radius 1 is 1.17 bits per heavy atom. The topological polar surface area (TPSA) is 64.1 Å². The molecule has 1 heterocycles. The van der Waals surface area contributed by atoms with Crippen molar-refractivity contribution >= 4 is 17.6 Å². The maximum atomic E-state index is 13.8. The van der Waals surface area contributed by atoms with Crippen LogP contribution in [0.4, 0.5) is 10.1 Å². The highest BCUT2D eigenvalue weighted by Gasteiger charge is 2.25. The Hall–Kier alpha value is -2.15. The number of benzene rings is 1. The zero-order valence-corrected chi connectivity index (χ0v) is 14.1. The van der Waals surface area contributed by atoms with Gasteiger partial charge in [0, 0.05) is 32.2 Å². The maximum Gasteiger partial charge on any atom is 0.317 e. The van der Waals surface area contributed by atoms with Gasteiger partial charge in [0.1, 0.15) is 5.82 Å². The average Bonchev–Trinajstić information content (AvgIpc) is 2.54. The fourth-order valence-electron chi connectivity index (χ4n) is 2.77. The number of piperazine rings is 1. The van der Waals surface area contributed by atoms with E-state index in [1.165, 1.54) is 6.07 Å². The number of nitrogens with zero attached hydrogens (tertiary/aromatic N) is 3. The molecule has 0 atom stereocenters. The van der Waals surface area contributed by atoms with Crippen LogP contribution in [-0.2, 0) is 9.59 Å². The van der Waals surface area contributed by atoms with E-state index in [0.717, 1.165) is 0 Å². The summed E-state index contributed by atoms with van der Waals surface area (Å²) in [6.45, 7) is 5.81. The van der Waals surface area contributed by atoms with Crippen LogP contribution >= 0.6 is 0 Å². The first kappa shape index (κ1) is 18.2. The maximum absolute atomic E-state index is 13.8. The van der Waals surface area contributed by atoms with Crippen LogP contribution in [0.1, 0.15) is 13.8 Å². The van der Waals surface area contributed by atoms with Gasteiger partial charge in [-0.05, 0) is 26.0 Å². The Labute approximate surface area is 141 Å². The predicted octanol–water partition coefficient (Wildman–Crippen LogP) is 1.27. The van der Waals surface area contributed by atoms with Crippen molar-refractivity contribution in [3.8, 4) is 0 Å². The van der Waals surface area contributed by atoms with Crippen LogP contribution in [-0.4, -0.2) is 72.1 Å². The van der Waals surface area contributed by atoms with Gasteiger partial charge in [-0.15, -0.1) is 0 Å². The molecule has 6 nitrogen and oxygen atoms in total. The van der Waals surface area contributed by atoms with Gasteiger partial charge in [-0.3, -0.25) is 14.5 Å². The van der Waals surface area contributed by atoms with Gasteiger partial charge in [0.2, 0.25) is 5.91 Å². The molecule has 0 saturated carbocycles. The van der Waals surface area contributed by atoms with Crippen LogP contribution in [0.2, 0.25) is 0 Å². The number of hydrogen-bond acceptors (Lipinski definition) is 4. The predicted molar refractivity (Wildman–Crippen MR) is 89.5 cm³/mol. The van der Waals surface area contributed by atoms with Crippen LogP contribution < -0.4 is 4.90 Å². The second-order valence-electron chi connectivity index (χ2n) is 6.21. The van der Waals surface area contributed by atoms with Gasteiger partial charge < -0.3 is 14.9 Å². The van der Waals surface area contributed by atoms with Crippen LogP contribution in [0.3, 0.4) is 0 Å². The van der Waals surface area contributed by atoms with Gasteiger partial charge in [-0.1, -0.05) is 12.1 Å². The summed E-state index contributed by atoms with van der Waals surface area (Å²) in [5, 5.41) is 8.93. The molecule has 1 aliphatic heterocycles. The minimum atomic E-state index is -0.944. The van der Waals surface area contributed by atoms with E-state index in [1.54, 1.807) is 28.0 Å². The molecule has 24 heavy (non-hydrogen) atoms. The molecular weight excluding hydrogens is 313 g/mol. The van der Waals surface area contributed by atoms with Gasteiger partial charge >= 0.3 is 5.97 Å². The van der Waals surface area contributed by atoms with Crippen molar-refractivity contribution in [3.63, 3.8) is 0 Å². The highest BCUT2D eigenvalue weighted by atomic mass is 19.1.